The van der Waals surface area contributed by atoms with E-state index in [4.69, 9.17) is 11.6 Å². The van der Waals surface area contributed by atoms with Gasteiger partial charge < -0.3 is 0 Å². The molecule has 0 N–H and O–H groups in total. The number of carbonyl (C=O) groups excluding carboxylic acids is 4. The average molecular weight is 482 g/mol. The Labute approximate surface area is 199 Å². The molecule has 0 saturated carbocycles. The number of imide groups is 1. The highest BCUT2D eigenvalue weighted by molar-refractivity contribution is 6.34. The van der Waals surface area contributed by atoms with E-state index in [1.807, 2.05) is 13.0 Å². The smallest absolute Gasteiger partial charge is 0.274 e. The van der Waals surface area contributed by atoms with Crippen LogP contribution in [0.15, 0.2) is 60.2 Å². The number of nitrogens with zero attached hydrogens (tertiary/aromatic N) is 3. The second-order valence-corrected chi connectivity index (χ2v) is 8.67. The number of Topliss-reactive ketones (excluding diaryl/α,β-unsaturated/α-hetero) is 1. The fourth-order valence-electron chi connectivity index (χ4n) is 4.29. The summed E-state index contributed by atoms with van der Waals surface area (Å²) in [6.07, 6.45) is 2.65. The zero-order valence-electron chi connectivity index (χ0n) is 18.1. The van der Waals surface area contributed by atoms with E-state index in [1.165, 1.54) is 30.3 Å². The van der Waals surface area contributed by atoms with E-state index in [1.54, 1.807) is 12.1 Å². The number of nitro benzene ring substituents is 1. The summed E-state index contributed by atoms with van der Waals surface area (Å²) in [5.74, 6) is -3.83. The lowest BCUT2D eigenvalue weighted by Gasteiger charge is -2.30. The summed E-state index contributed by atoms with van der Waals surface area (Å²) in [4.78, 5) is 63.5. The highest BCUT2D eigenvalue weighted by Gasteiger charge is 2.51. The Kier molecular flexibility index (Phi) is 6.30. The Hall–Kier alpha value is -3.85. The van der Waals surface area contributed by atoms with E-state index >= 15 is 0 Å². The van der Waals surface area contributed by atoms with Crippen LogP contribution in [0.1, 0.15) is 40.5 Å². The molecule has 4 rings (SSSR count). The van der Waals surface area contributed by atoms with Gasteiger partial charge in [-0.15, -0.1) is 0 Å². The number of non-ortho nitro benzene ring substituents is 1. The van der Waals surface area contributed by atoms with Crippen LogP contribution in [0.5, 0.6) is 0 Å². The number of ketones is 1. The normalized spacial score (nSPS) is 19.5. The van der Waals surface area contributed by atoms with Crippen LogP contribution in [0, 0.1) is 22.0 Å². The van der Waals surface area contributed by atoms with Gasteiger partial charge in [-0.05, 0) is 31.9 Å². The van der Waals surface area contributed by atoms with Crippen molar-refractivity contribution in [1.29, 1.82) is 0 Å². The molecule has 1 fully saturated rings. The highest BCUT2D eigenvalue weighted by atomic mass is 35.5. The summed E-state index contributed by atoms with van der Waals surface area (Å²) in [6, 6.07) is 11.1. The number of nitro groups is 1. The van der Waals surface area contributed by atoms with Crippen LogP contribution in [0.3, 0.4) is 0 Å². The van der Waals surface area contributed by atoms with E-state index < -0.39 is 46.8 Å². The van der Waals surface area contributed by atoms with Crippen LogP contribution >= 0.6 is 11.6 Å². The number of carbonyl (C=O) groups is 4. The lowest BCUT2D eigenvalue weighted by molar-refractivity contribution is -0.384. The Balaban J connectivity index is 1.72. The van der Waals surface area contributed by atoms with Crippen molar-refractivity contribution >= 4 is 40.8 Å². The van der Waals surface area contributed by atoms with Crippen molar-refractivity contribution in [3.63, 3.8) is 0 Å². The van der Waals surface area contributed by atoms with E-state index in [2.05, 4.69) is 0 Å². The van der Waals surface area contributed by atoms with Gasteiger partial charge in [0.2, 0.25) is 0 Å². The number of hydrogen-bond donors (Lipinski definition) is 0. The maximum absolute atomic E-state index is 13.5. The van der Waals surface area contributed by atoms with Gasteiger partial charge in [-0.2, -0.15) is 5.01 Å². The molecule has 1 saturated heterocycles. The van der Waals surface area contributed by atoms with Gasteiger partial charge in [0.1, 0.15) is 6.54 Å². The summed E-state index contributed by atoms with van der Waals surface area (Å²) < 4.78 is 0. The molecule has 1 aliphatic heterocycles. The quantitative estimate of drug-likeness (QED) is 0.203. The van der Waals surface area contributed by atoms with E-state index in [0.29, 0.717) is 12.8 Å². The molecule has 0 radical (unpaired) electrons. The van der Waals surface area contributed by atoms with Gasteiger partial charge in [0, 0.05) is 17.7 Å². The number of hydrazine groups is 1. The summed E-state index contributed by atoms with van der Waals surface area (Å²) in [5.41, 5.74) is 0.664. The highest BCUT2D eigenvalue weighted by Crippen LogP contribution is 2.39. The number of amides is 3. The van der Waals surface area contributed by atoms with E-state index in [0.717, 1.165) is 21.7 Å². The first kappa shape index (κ1) is 23.3. The van der Waals surface area contributed by atoms with Gasteiger partial charge in [-0.3, -0.25) is 29.3 Å². The van der Waals surface area contributed by atoms with Crippen LogP contribution in [-0.4, -0.2) is 45.0 Å². The maximum atomic E-state index is 13.5. The summed E-state index contributed by atoms with van der Waals surface area (Å²) >= 11 is 6.19. The van der Waals surface area contributed by atoms with Crippen LogP contribution in [-0.2, 0) is 9.59 Å². The summed E-state index contributed by atoms with van der Waals surface area (Å²) in [7, 11) is 0. The minimum atomic E-state index is -0.797. The predicted octanol–water partition coefficient (Wildman–Crippen LogP) is 3.83. The Morgan fingerprint density at radius 3 is 2.53 bits per heavy atom. The molecule has 2 aromatic rings. The first-order chi connectivity index (χ1) is 16.2. The Morgan fingerprint density at radius 1 is 1.12 bits per heavy atom. The van der Waals surface area contributed by atoms with Gasteiger partial charge >= 0.3 is 0 Å². The second kappa shape index (κ2) is 9.18. The number of benzene rings is 2. The van der Waals surface area contributed by atoms with Gasteiger partial charge in [0.15, 0.2) is 5.78 Å². The van der Waals surface area contributed by atoms with Gasteiger partial charge in [-0.25, -0.2) is 5.01 Å². The molecule has 174 valence electrons. The van der Waals surface area contributed by atoms with Crippen molar-refractivity contribution in [3.8, 4) is 0 Å². The van der Waals surface area contributed by atoms with Gasteiger partial charge in [-0.1, -0.05) is 47.5 Å². The van der Waals surface area contributed by atoms with Gasteiger partial charge in [0.05, 0.1) is 27.3 Å². The monoisotopic (exact) mass is 481 g/mol. The van der Waals surface area contributed by atoms with Crippen LogP contribution in [0.25, 0.3) is 0 Å². The van der Waals surface area contributed by atoms with Crippen molar-refractivity contribution in [2.24, 2.45) is 11.8 Å². The number of allylic oxidation sites excluding steroid dienone is 2. The van der Waals surface area contributed by atoms with Crippen molar-refractivity contribution in [2.75, 3.05) is 6.54 Å². The molecule has 1 aliphatic carbocycles. The standard InChI is InChI=1S/C24H20ClN3O6/c1-14-9-10-17-19(11-14)24(32)27(23(17)31)26(22(30)18-7-2-3-8-20(18)25)13-21(29)15-5-4-6-16(12-15)28(33)34/h2-9,12,17,19H,10-11,13H2,1H3/t17-,19-/m0/s1. The number of fused-ring (bicyclic) bond motifs is 1. The third-order valence-corrected chi connectivity index (χ3v) is 6.38. The van der Waals surface area contributed by atoms with E-state index in [-0.39, 0.29) is 21.8 Å². The SMILES string of the molecule is CC1=CC[C@@H]2C(=O)N(N(CC(=O)c3cccc([N+](=O)[O-])c3)C(=O)c3ccccc3Cl)C(=O)[C@H]2C1. The van der Waals surface area contributed by atoms with E-state index in [9.17, 15) is 29.3 Å². The lowest BCUT2D eigenvalue weighted by Crippen LogP contribution is -2.52. The molecule has 2 aliphatic rings. The molecule has 10 heteroatoms. The molecule has 0 aromatic heterocycles. The van der Waals surface area contributed by atoms with Crippen molar-refractivity contribution in [1.82, 2.24) is 10.0 Å². The molecular formula is C24H20ClN3O6. The second-order valence-electron chi connectivity index (χ2n) is 8.26. The third-order valence-electron chi connectivity index (χ3n) is 6.05. The lowest BCUT2D eigenvalue weighted by atomic mass is 9.82. The molecule has 34 heavy (non-hydrogen) atoms. The van der Waals surface area contributed by atoms with Crippen LogP contribution in [0.2, 0.25) is 5.02 Å². The molecule has 3 amide bonds. The average Bonchev–Trinajstić information content (AvgIpc) is 3.06. The molecule has 9 nitrogen and oxygen atoms in total. The first-order valence-corrected chi connectivity index (χ1v) is 10.9. The summed E-state index contributed by atoms with van der Waals surface area (Å²) in [5, 5.41) is 12.8. The van der Waals surface area contributed by atoms with Crippen LogP contribution < -0.4 is 0 Å². The maximum Gasteiger partial charge on any atom is 0.274 e. The van der Waals surface area contributed by atoms with Crippen molar-refractivity contribution in [2.45, 2.75) is 19.8 Å². The molecule has 0 unspecified atom stereocenters. The summed E-state index contributed by atoms with van der Waals surface area (Å²) in [6.45, 7) is 1.20. The van der Waals surface area contributed by atoms with Gasteiger partial charge in [0.25, 0.3) is 23.4 Å². The number of hydrogen-bond acceptors (Lipinski definition) is 6. The van der Waals surface area contributed by atoms with Crippen molar-refractivity contribution in [3.05, 3.63) is 86.4 Å². The molecular weight excluding hydrogens is 462 g/mol. The molecule has 2 atom stereocenters. The molecule has 2 aromatic carbocycles. The van der Waals surface area contributed by atoms with Crippen LogP contribution in [0.4, 0.5) is 5.69 Å². The predicted molar refractivity (Wildman–Crippen MR) is 122 cm³/mol. The fourth-order valence-corrected chi connectivity index (χ4v) is 4.50. The molecule has 0 bridgehead atoms. The topological polar surface area (TPSA) is 118 Å². The molecule has 0 spiro atoms. The fraction of sp³-hybridized carbons (Fsp3) is 0.250. The zero-order valence-corrected chi connectivity index (χ0v) is 18.9. The Morgan fingerprint density at radius 2 is 1.82 bits per heavy atom. The largest absolute Gasteiger partial charge is 0.292 e. The minimum Gasteiger partial charge on any atom is -0.292 e. The molecule has 1 heterocycles. The number of rotatable bonds is 6. The Bertz CT molecular complexity index is 1260. The zero-order chi connectivity index (χ0) is 24.6. The van der Waals surface area contributed by atoms with Crippen molar-refractivity contribution < 1.29 is 24.1 Å². The third kappa shape index (κ3) is 4.22. The number of halogens is 1. The first-order valence-electron chi connectivity index (χ1n) is 10.6. The minimum absolute atomic E-state index is 0.0146.